The fourth-order valence-corrected chi connectivity index (χ4v) is 4.77. The van der Waals surface area contributed by atoms with Gasteiger partial charge in [0.25, 0.3) is 0 Å². The van der Waals surface area contributed by atoms with E-state index in [4.69, 9.17) is 11.6 Å². The molecule has 1 atom stereocenters. The van der Waals surface area contributed by atoms with Crippen LogP contribution < -0.4 is 0 Å². The van der Waals surface area contributed by atoms with Crippen LogP contribution in [-0.2, 0) is 6.42 Å². The van der Waals surface area contributed by atoms with Gasteiger partial charge in [0.15, 0.2) is 10.9 Å². The number of ketones is 1. The number of carbonyl (C=O) groups excluding carboxylic acids is 1. The topological polar surface area (TPSA) is 47.8 Å². The molecule has 2 heterocycles. The summed E-state index contributed by atoms with van der Waals surface area (Å²) < 4.78 is 2.23. The van der Waals surface area contributed by atoms with E-state index in [9.17, 15) is 4.79 Å². The molecule has 0 spiro atoms. The molecule has 0 N–H and O–H groups in total. The molecule has 4 nitrogen and oxygen atoms in total. The lowest BCUT2D eigenvalue weighted by Crippen LogP contribution is -2.15. The van der Waals surface area contributed by atoms with Gasteiger partial charge in [0.1, 0.15) is 5.82 Å². The number of carbonyl (C=O) groups is 1. The largest absolute Gasteiger partial charge is 0.303 e. The van der Waals surface area contributed by atoms with E-state index in [2.05, 4.69) is 32.3 Å². The van der Waals surface area contributed by atoms with Crippen molar-refractivity contribution < 1.29 is 4.79 Å². The van der Waals surface area contributed by atoms with Crippen molar-refractivity contribution in [2.75, 3.05) is 0 Å². The van der Waals surface area contributed by atoms with Gasteiger partial charge in [0.2, 0.25) is 0 Å². The number of halogens is 1. The Bertz CT molecular complexity index is 919. The van der Waals surface area contributed by atoms with Gasteiger partial charge in [-0.05, 0) is 43.3 Å². The predicted octanol–water partition coefficient (Wildman–Crippen LogP) is 5.28. The molecular weight excluding hydrogens is 386 g/mol. The van der Waals surface area contributed by atoms with Crippen molar-refractivity contribution in [1.29, 1.82) is 0 Å². The molecule has 0 saturated heterocycles. The van der Waals surface area contributed by atoms with Crippen molar-refractivity contribution in [2.45, 2.75) is 42.6 Å². The number of hydrogen-bond donors (Lipinski definition) is 0. The molecule has 0 bridgehead atoms. The van der Waals surface area contributed by atoms with Crippen LogP contribution in [0.25, 0.3) is 0 Å². The van der Waals surface area contributed by atoms with Crippen LogP contribution in [0.3, 0.4) is 0 Å². The minimum atomic E-state index is -0.246. The lowest BCUT2D eigenvalue weighted by atomic mass is 10.1. The van der Waals surface area contributed by atoms with E-state index >= 15 is 0 Å². The predicted molar refractivity (Wildman–Crippen MR) is 107 cm³/mol. The van der Waals surface area contributed by atoms with Crippen LogP contribution in [0.4, 0.5) is 0 Å². The molecule has 7 heteroatoms. The number of rotatable bonds is 7. The Kier molecular flexibility index (Phi) is 5.16. The van der Waals surface area contributed by atoms with Crippen molar-refractivity contribution in [3.05, 3.63) is 63.1 Å². The molecule has 0 radical (unpaired) electrons. The highest BCUT2D eigenvalue weighted by Crippen LogP contribution is 2.40. The maximum Gasteiger partial charge on any atom is 0.192 e. The Hall–Kier alpha value is -1.63. The van der Waals surface area contributed by atoms with Crippen LogP contribution in [0.1, 0.15) is 46.9 Å². The highest BCUT2D eigenvalue weighted by molar-refractivity contribution is 8.00. The number of thiophene rings is 1. The van der Waals surface area contributed by atoms with E-state index in [-0.39, 0.29) is 11.0 Å². The highest BCUT2D eigenvalue weighted by Gasteiger charge is 2.31. The minimum Gasteiger partial charge on any atom is -0.303 e. The molecule has 1 fully saturated rings. The number of hydrogen-bond acceptors (Lipinski definition) is 5. The Labute approximate surface area is 165 Å². The third kappa shape index (κ3) is 3.87. The first kappa shape index (κ1) is 17.8. The van der Waals surface area contributed by atoms with Gasteiger partial charge in [0, 0.05) is 27.9 Å². The second-order valence-electron chi connectivity index (χ2n) is 6.39. The number of Topliss-reactive ketones (excluding diaryl/α,β-unsaturated/α-hetero) is 1. The van der Waals surface area contributed by atoms with Crippen molar-refractivity contribution in [2.24, 2.45) is 0 Å². The molecule has 1 saturated carbocycles. The first-order chi connectivity index (χ1) is 12.6. The molecule has 1 aromatic carbocycles. The molecule has 4 rings (SSSR count). The Morgan fingerprint density at radius 3 is 2.88 bits per heavy atom. The second kappa shape index (κ2) is 7.55. The lowest BCUT2D eigenvalue weighted by Gasteiger charge is -2.12. The lowest BCUT2D eigenvalue weighted by molar-refractivity contribution is 0.0994. The highest BCUT2D eigenvalue weighted by atomic mass is 35.5. The summed E-state index contributed by atoms with van der Waals surface area (Å²) in [4.78, 5) is 14.0. The summed E-state index contributed by atoms with van der Waals surface area (Å²) in [5.74, 6) is 1.04. The average Bonchev–Trinajstić information content (AvgIpc) is 3.19. The summed E-state index contributed by atoms with van der Waals surface area (Å²) in [5, 5.41) is 12.1. The molecule has 134 valence electrons. The summed E-state index contributed by atoms with van der Waals surface area (Å²) >= 11 is 9.23. The van der Waals surface area contributed by atoms with E-state index in [1.165, 1.54) is 16.6 Å². The quantitative estimate of drug-likeness (QED) is 0.397. The van der Waals surface area contributed by atoms with E-state index in [1.54, 1.807) is 35.6 Å². The third-order valence-corrected chi connectivity index (χ3v) is 6.49. The smallest absolute Gasteiger partial charge is 0.192 e. The van der Waals surface area contributed by atoms with Crippen LogP contribution in [0.2, 0.25) is 5.02 Å². The normalized spacial score (nSPS) is 15.2. The molecule has 0 aliphatic heterocycles. The van der Waals surface area contributed by atoms with Gasteiger partial charge >= 0.3 is 0 Å². The van der Waals surface area contributed by atoms with E-state index in [0.29, 0.717) is 16.6 Å². The molecule has 0 unspecified atom stereocenters. The van der Waals surface area contributed by atoms with Gasteiger partial charge in [-0.2, -0.15) is 0 Å². The number of thioether (sulfide) groups is 1. The molecule has 1 aliphatic carbocycles. The van der Waals surface area contributed by atoms with Gasteiger partial charge < -0.3 is 4.57 Å². The first-order valence-corrected chi connectivity index (χ1v) is 10.7. The van der Waals surface area contributed by atoms with Crippen LogP contribution in [0, 0.1) is 0 Å². The average molecular weight is 404 g/mol. The monoisotopic (exact) mass is 403 g/mol. The third-order valence-electron chi connectivity index (χ3n) is 4.32. The zero-order chi connectivity index (χ0) is 18.1. The SMILES string of the molecule is C[C@H](Sc1nnc(Cc2cccs2)n1C1CC1)C(=O)c1cccc(Cl)c1. The number of aromatic nitrogens is 3. The Morgan fingerprint density at radius 2 is 2.19 bits per heavy atom. The standard InChI is InChI=1S/C19H18ClN3OS2/c1-12(18(24)13-4-2-5-14(20)10-13)26-19-22-21-17(23(19)15-7-8-15)11-16-6-3-9-25-16/h2-6,9-10,12,15H,7-8,11H2,1H3/t12-/m0/s1. The van der Waals surface area contributed by atoms with Crippen LogP contribution >= 0.6 is 34.7 Å². The van der Waals surface area contributed by atoms with Gasteiger partial charge in [-0.15, -0.1) is 21.5 Å². The Balaban J connectivity index is 1.54. The summed E-state index contributed by atoms with van der Waals surface area (Å²) in [6.07, 6.45) is 3.09. The molecule has 0 amide bonds. The summed E-state index contributed by atoms with van der Waals surface area (Å²) in [5.41, 5.74) is 0.633. The minimum absolute atomic E-state index is 0.0580. The number of benzene rings is 1. The zero-order valence-corrected chi connectivity index (χ0v) is 16.7. The van der Waals surface area contributed by atoms with E-state index < -0.39 is 0 Å². The zero-order valence-electron chi connectivity index (χ0n) is 14.3. The van der Waals surface area contributed by atoms with Crippen LogP contribution in [0.15, 0.2) is 46.9 Å². The summed E-state index contributed by atoms with van der Waals surface area (Å²) in [7, 11) is 0. The first-order valence-electron chi connectivity index (χ1n) is 8.54. The van der Waals surface area contributed by atoms with Gasteiger partial charge in [-0.3, -0.25) is 4.79 Å². The molecule has 2 aromatic heterocycles. The van der Waals surface area contributed by atoms with Crippen LogP contribution in [0.5, 0.6) is 0 Å². The molecule has 3 aromatic rings. The van der Waals surface area contributed by atoms with Gasteiger partial charge in [-0.1, -0.05) is 41.6 Å². The summed E-state index contributed by atoms with van der Waals surface area (Å²) in [6, 6.07) is 11.7. The number of nitrogens with zero attached hydrogens (tertiary/aromatic N) is 3. The fraction of sp³-hybridized carbons (Fsp3) is 0.316. The second-order valence-corrected chi connectivity index (χ2v) is 9.17. The fourth-order valence-electron chi connectivity index (χ4n) is 2.86. The summed E-state index contributed by atoms with van der Waals surface area (Å²) in [6.45, 7) is 1.92. The van der Waals surface area contributed by atoms with E-state index in [1.807, 2.05) is 6.92 Å². The molecular formula is C19H18ClN3OS2. The molecule has 1 aliphatic rings. The van der Waals surface area contributed by atoms with Crippen molar-refractivity contribution in [3.8, 4) is 0 Å². The van der Waals surface area contributed by atoms with Crippen LogP contribution in [-0.4, -0.2) is 25.8 Å². The van der Waals surface area contributed by atoms with Gasteiger partial charge in [0.05, 0.1) is 5.25 Å². The van der Waals surface area contributed by atoms with Gasteiger partial charge in [-0.25, -0.2) is 0 Å². The molecule has 26 heavy (non-hydrogen) atoms. The maximum atomic E-state index is 12.7. The van der Waals surface area contributed by atoms with Crippen molar-refractivity contribution in [1.82, 2.24) is 14.8 Å². The van der Waals surface area contributed by atoms with Crippen molar-refractivity contribution in [3.63, 3.8) is 0 Å². The van der Waals surface area contributed by atoms with Crippen molar-refractivity contribution >= 4 is 40.5 Å². The Morgan fingerprint density at radius 1 is 1.35 bits per heavy atom. The van der Waals surface area contributed by atoms with E-state index in [0.717, 1.165) is 30.2 Å². The maximum absolute atomic E-state index is 12.7.